The fraction of sp³-hybridized carbons (Fsp3) is 0.538. The van der Waals surface area contributed by atoms with Crippen molar-refractivity contribution in [1.29, 1.82) is 0 Å². The fourth-order valence-corrected chi connectivity index (χ4v) is 1.25. The molecule has 0 atom stereocenters. The van der Waals surface area contributed by atoms with Gasteiger partial charge in [0.25, 0.3) is 0 Å². The zero-order valence-electron chi connectivity index (χ0n) is 11.7. The maximum atomic E-state index is 4.50. The molecule has 0 saturated heterocycles. The molecule has 0 heterocycles. The molecule has 0 saturated carbocycles. The van der Waals surface area contributed by atoms with E-state index >= 15 is 0 Å². The molecule has 98 valence electrons. The van der Waals surface area contributed by atoms with Gasteiger partial charge in [0.2, 0.25) is 0 Å². The zero-order chi connectivity index (χ0) is 11.7. The second kappa shape index (κ2) is 14.1. The molecular weight excluding hydrogens is 202 g/mol. The van der Waals surface area contributed by atoms with Crippen LogP contribution in [0.4, 0.5) is 0 Å². The molecule has 0 spiro atoms. The van der Waals surface area contributed by atoms with E-state index in [1.165, 1.54) is 29.3 Å². The molecule has 3 nitrogen and oxygen atoms in total. The van der Waals surface area contributed by atoms with Crippen molar-refractivity contribution in [3.63, 3.8) is 0 Å². The summed E-state index contributed by atoms with van der Waals surface area (Å²) >= 11 is 0. The first-order chi connectivity index (χ1) is 6.61. The molecule has 0 amide bonds. The van der Waals surface area contributed by atoms with Crippen LogP contribution in [0.5, 0.6) is 0 Å². The quantitative estimate of drug-likeness (QED) is 0.725. The average molecular weight is 231 g/mol. The lowest BCUT2D eigenvalue weighted by atomic mass is 10.0. The van der Waals surface area contributed by atoms with E-state index in [0.717, 1.165) is 0 Å². The van der Waals surface area contributed by atoms with Crippen molar-refractivity contribution in [2.75, 3.05) is 7.05 Å². The Labute approximate surface area is 100 Å². The molecule has 0 unspecified atom stereocenters. The van der Waals surface area contributed by atoms with E-state index in [0.29, 0.717) is 0 Å². The minimum absolute atomic E-state index is 0. The molecule has 0 bridgehead atoms. The fourth-order valence-electron chi connectivity index (χ4n) is 1.25. The van der Waals surface area contributed by atoms with Crippen LogP contribution in [-0.2, 0) is 0 Å². The van der Waals surface area contributed by atoms with Crippen LogP contribution in [0.2, 0.25) is 0 Å². The number of rotatable bonds is 0. The predicted octanol–water partition coefficient (Wildman–Crippen LogP) is 1.87. The van der Waals surface area contributed by atoms with E-state index in [1.807, 2.05) is 13.8 Å². The number of hydrogen-bond donors (Lipinski definition) is 1. The number of nitrogens with two attached hydrogens (primary N) is 1. The highest BCUT2D eigenvalue weighted by molar-refractivity contribution is 5.35. The molecule has 0 aliphatic heterocycles. The van der Waals surface area contributed by atoms with Gasteiger partial charge in [-0.05, 0) is 51.4 Å². The first-order valence-electron chi connectivity index (χ1n) is 5.23. The smallest absolute Gasteiger partial charge is 0.0195 e. The van der Waals surface area contributed by atoms with Gasteiger partial charge in [-0.15, -0.1) is 0 Å². The number of aryl methyl sites for hydroxylation is 3. The Kier molecular flexibility index (Phi) is 21.5. The molecule has 16 heavy (non-hydrogen) atoms. The Morgan fingerprint density at radius 1 is 0.750 bits per heavy atom. The molecule has 0 aliphatic carbocycles. The minimum Gasteiger partial charge on any atom is -0.412 e. The predicted molar refractivity (Wildman–Crippen MR) is 74.1 cm³/mol. The summed E-state index contributed by atoms with van der Waals surface area (Å²) in [7, 11) is 1.50. The van der Waals surface area contributed by atoms with Crippen molar-refractivity contribution < 1.29 is 11.0 Å². The van der Waals surface area contributed by atoms with Gasteiger partial charge in [-0.25, -0.2) is 0 Å². The Morgan fingerprint density at radius 2 is 1.00 bits per heavy atom. The average Bonchev–Trinajstić information content (AvgIpc) is 2.20. The third-order valence-electron chi connectivity index (χ3n) is 2.07. The van der Waals surface area contributed by atoms with Gasteiger partial charge in [-0.3, -0.25) is 0 Å². The molecule has 0 aliphatic rings. The van der Waals surface area contributed by atoms with Crippen LogP contribution < -0.4 is 5.73 Å². The maximum Gasteiger partial charge on any atom is -0.0195 e. The number of hydrogen-bond acceptors (Lipinski definition) is 1. The van der Waals surface area contributed by atoms with Crippen LogP contribution in [0.15, 0.2) is 12.1 Å². The largest absolute Gasteiger partial charge is 0.412 e. The molecule has 1 aromatic carbocycles. The van der Waals surface area contributed by atoms with Crippen LogP contribution in [0.3, 0.4) is 0 Å². The lowest BCUT2D eigenvalue weighted by molar-refractivity contribution is 0.823. The summed E-state index contributed by atoms with van der Waals surface area (Å²) in [6, 6.07) is 4.45. The zero-order valence-corrected chi connectivity index (χ0v) is 11.7. The first-order valence-corrected chi connectivity index (χ1v) is 5.23. The molecular formula is C13H29NO2. The van der Waals surface area contributed by atoms with Crippen molar-refractivity contribution in [3.05, 3.63) is 34.4 Å². The van der Waals surface area contributed by atoms with Gasteiger partial charge in [0.15, 0.2) is 0 Å². The highest BCUT2D eigenvalue weighted by Crippen LogP contribution is 2.13. The van der Waals surface area contributed by atoms with Crippen LogP contribution in [0.25, 0.3) is 0 Å². The molecule has 0 radical (unpaired) electrons. The third-order valence-corrected chi connectivity index (χ3v) is 2.07. The topological polar surface area (TPSA) is 89.0 Å². The Hall–Kier alpha value is -0.900. The van der Waals surface area contributed by atoms with Crippen molar-refractivity contribution in [3.8, 4) is 0 Å². The molecule has 1 aromatic rings. The van der Waals surface area contributed by atoms with Crippen LogP contribution in [0, 0.1) is 27.7 Å². The van der Waals surface area contributed by atoms with Crippen molar-refractivity contribution in [2.24, 2.45) is 5.73 Å². The summed E-state index contributed by atoms with van der Waals surface area (Å²) in [5, 5.41) is 0. The number of benzene rings is 1. The third kappa shape index (κ3) is 8.41. The Morgan fingerprint density at radius 3 is 1.25 bits per heavy atom. The molecule has 1 rings (SSSR count). The molecule has 3 heteroatoms. The van der Waals surface area contributed by atoms with Crippen molar-refractivity contribution in [2.45, 2.75) is 41.5 Å². The minimum atomic E-state index is 0. The van der Waals surface area contributed by atoms with Crippen LogP contribution >= 0.6 is 0 Å². The van der Waals surface area contributed by atoms with Gasteiger partial charge in [-0.1, -0.05) is 31.5 Å². The van der Waals surface area contributed by atoms with Gasteiger partial charge in [-0.2, -0.15) is 0 Å². The molecule has 0 fully saturated rings. The summed E-state index contributed by atoms with van der Waals surface area (Å²) in [4.78, 5) is 0. The highest BCUT2D eigenvalue weighted by atomic mass is 16.0. The summed E-state index contributed by atoms with van der Waals surface area (Å²) in [5.74, 6) is 0. The van der Waals surface area contributed by atoms with Crippen LogP contribution in [0.1, 0.15) is 36.1 Å². The van der Waals surface area contributed by atoms with Gasteiger partial charge >= 0.3 is 0 Å². The van der Waals surface area contributed by atoms with Gasteiger partial charge in [0, 0.05) is 0 Å². The standard InChI is InChI=1S/C10H14.C2H6.CH5N.2H2O/c1-7-5-8(2)10(4)9(3)6-7;2*1-2;;/h5-6H,1-4H3;1-2H3;2H2,1H3;2*1H2. The Balaban J connectivity index is -0.000000109. The first kappa shape index (κ1) is 24.4. The summed E-state index contributed by atoms with van der Waals surface area (Å²) in [6.45, 7) is 12.6. The normalized spacial score (nSPS) is 7.00. The van der Waals surface area contributed by atoms with Crippen molar-refractivity contribution in [1.82, 2.24) is 0 Å². The highest BCUT2D eigenvalue weighted by Gasteiger charge is 1.95. The van der Waals surface area contributed by atoms with Crippen molar-refractivity contribution >= 4 is 0 Å². The monoisotopic (exact) mass is 231 g/mol. The maximum absolute atomic E-state index is 4.50. The van der Waals surface area contributed by atoms with E-state index in [1.54, 1.807) is 0 Å². The van der Waals surface area contributed by atoms with Gasteiger partial charge < -0.3 is 16.7 Å². The SMILES string of the molecule is CC.CN.Cc1cc(C)c(C)c(C)c1.O.O. The lowest BCUT2D eigenvalue weighted by Crippen LogP contribution is -1.86. The summed E-state index contributed by atoms with van der Waals surface area (Å²) in [6.07, 6.45) is 0. The Bertz CT molecular complexity index is 237. The van der Waals surface area contributed by atoms with E-state index in [-0.39, 0.29) is 11.0 Å². The lowest BCUT2D eigenvalue weighted by Gasteiger charge is -2.04. The second-order valence-electron chi connectivity index (χ2n) is 3.02. The van der Waals surface area contributed by atoms with Crippen LogP contribution in [-0.4, -0.2) is 18.0 Å². The van der Waals surface area contributed by atoms with Gasteiger partial charge in [0.1, 0.15) is 0 Å². The van der Waals surface area contributed by atoms with E-state index in [4.69, 9.17) is 0 Å². The summed E-state index contributed by atoms with van der Waals surface area (Å²) in [5.41, 5.74) is 10.1. The van der Waals surface area contributed by atoms with E-state index in [9.17, 15) is 0 Å². The molecule has 6 N–H and O–H groups in total. The van der Waals surface area contributed by atoms with E-state index in [2.05, 4.69) is 45.6 Å². The van der Waals surface area contributed by atoms with E-state index < -0.39 is 0 Å². The van der Waals surface area contributed by atoms with Gasteiger partial charge in [0.05, 0.1) is 0 Å². The summed E-state index contributed by atoms with van der Waals surface area (Å²) < 4.78 is 0. The molecule has 0 aromatic heterocycles. The second-order valence-corrected chi connectivity index (χ2v) is 3.02.